The molecule has 0 aliphatic carbocycles. The van der Waals surface area contributed by atoms with Gasteiger partial charge in [-0.3, -0.25) is 0 Å². The average molecular weight is 250 g/mol. The van der Waals surface area contributed by atoms with Crippen molar-refractivity contribution in [2.24, 2.45) is 0 Å². The van der Waals surface area contributed by atoms with Crippen LogP contribution in [-0.4, -0.2) is 22.8 Å². The van der Waals surface area contributed by atoms with Crippen molar-refractivity contribution in [2.75, 3.05) is 11.4 Å². The summed E-state index contributed by atoms with van der Waals surface area (Å²) in [6, 6.07) is 8.36. The minimum absolute atomic E-state index is 0.388. The van der Waals surface area contributed by atoms with Crippen LogP contribution in [0.25, 0.3) is 10.8 Å². The van der Waals surface area contributed by atoms with Gasteiger partial charge in [-0.15, -0.1) is 10.2 Å². The molecule has 2 aromatic rings. The summed E-state index contributed by atoms with van der Waals surface area (Å²) in [5, 5.41) is 10.8. The molecule has 2 rings (SSSR count). The largest absolute Gasteiger partial charge is 0.352 e. The van der Waals surface area contributed by atoms with E-state index in [1.54, 1.807) is 0 Å². The molecule has 0 spiro atoms. The minimum Gasteiger partial charge on any atom is -0.352 e. The fourth-order valence-corrected chi connectivity index (χ4v) is 2.23. The lowest BCUT2D eigenvalue weighted by molar-refractivity contribution is 0.690. The normalized spacial score (nSPS) is 11.1. The molecule has 0 atom stereocenters. The van der Waals surface area contributed by atoms with Gasteiger partial charge in [-0.25, -0.2) is 0 Å². The standard InChI is InChI=1S/C13H16ClN3/c1-4-17(9(2)3)13-11-8-6-5-7-10(11)12(14)15-16-13/h5-9H,4H2,1-3H3. The van der Waals surface area contributed by atoms with Crippen LogP contribution in [0.15, 0.2) is 24.3 Å². The van der Waals surface area contributed by atoms with Gasteiger partial charge >= 0.3 is 0 Å². The van der Waals surface area contributed by atoms with E-state index in [9.17, 15) is 0 Å². The summed E-state index contributed by atoms with van der Waals surface area (Å²) in [5.41, 5.74) is 0. The molecule has 1 heterocycles. The zero-order valence-corrected chi connectivity index (χ0v) is 11.1. The Balaban J connectivity index is 2.66. The fraction of sp³-hybridized carbons (Fsp3) is 0.385. The molecule has 0 bridgehead atoms. The first-order valence-electron chi connectivity index (χ1n) is 5.82. The summed E-state index contributed by atoms with van der Waals surface area (Å²) in [6.45, 7) is 7.31. The number of aromatic nitrogens is 2. The van der Waals surface area contributed by atoms with Crippen LogP contribution in [0, 0.1) is 0 Å². The van der Waals surface area contributed by atoms with E-state index in [4.69, 9.17) is 11.6 Å². The van der Waals surface area contributed by atoms with Gasteiger partial charge < -0.3 is 4.90 Å². The van der Waals surface area contributed by atoms with E-state index in [1.165, 1.54) is 0 Å². The second-order valence-electron chi connectivity index (χ2n) is 4.24. The van der Waals surface area contributed by atoms with Crippen molar-refractivity contribution in [2.45, 2.75) is 26.8 Å². The summed E-state index contributed by atoms with van der Waals surface area (Å²) in [7, 11) is 0. The molecule has 17 heavy (non-hydrogen) atoms. The molecular weight excluding hydrogens is 234 g/mol. The van der Waals surface area contributed by atoms with Gasteiger partial charge in [-0.1, -0.05) is 35.9 Å². The van der Waals surface area contributed by atoms with Crippen LogP contribution >= 0.6 is 11.6 Å². The van der Waals surface area contributed by atoms with Crippen LogP contribution < -0.4 is 4.90 Å². The highest BCUT2D eigenvalue weighted by Gasteiger charge is 2.15. The molecule has 0 saturated carbocycles. The van der Waals surface area contributed by atoms with E-state index >= 15 is 0 Å². The molecule has 3 nitrogen and oxygen atoms in total. The molecule has 0 fully saturated rings. The van der Waals surface area contributed by atoms with Crippen LogP contribution in [0.1, 0.15) is 20.8 Å². The molecule has 1 aromatic heterocycles. The smallest absolute Gasteiger partial charge is 0.159 e. The van der Waals surface area contributed by atoms with Crippen molar-refractivity contribution in [1.82, 2.24) is 10.2 Å². The highest BCUT2D eigenvalue weighted by atomic mass is 35.5. The zero-order valence-electron chi connectivity index (χ0n) is 10.3. The van der Waals surface area contributed by atoms with Crippen molar-refractivity contribution in [3.8, 4) is 0 Å². The number of benzene rings is 1. The van der Waals surface area contributed by atoms with E-state index in [2.05, 4.69) is 35.9 Å². The van der Waals surface area contributed by atoms with E-state index in [1.807, 2.05) is 24.3 Å². The maximum Gasteiger partial charge on any atom is 0.159 e. The van der Waals surface area contributed by atoms with Gasteiger partial charge in [0.25, 0.3) is 0 Å². The van der Waals surface area contributed by atoms with Gasteiger partial charge in [0.05, 0.1) is 0 Å². The molecule has 0 radical (unpaired) electrons. The number of fused-ring (bicyclic) bond motifs is 1. The van der Waals surface area contributed by atoms with E-state index < -0.39 is 0 Å². The Morgan fingerprint density at radius 1 is 1.18 bits per heavy atom. The lowest BCUT2D eigenvalue weighted by Crippen LogP contribution is -2.31. The molecule has 0 N–H and O–H groups in total. The lowest BCUT2D eigenvalue weighted by atomic mass is 10.1. The SMILES string of the molecule is CCN(c1nnc(Cl)c2ccccc12)C(C)C. The third-order valence-electron chi connectivity index (χ3n) is 2.86. The number of halogens is 1. The first kappa shape index (κ1) is 12.1. The summed E-state index contributed by atoms with van der Waals surface area (Å²) in [4.78, 5) is 2.21. The van der Waals surface area contributed by atoms with Gasteiger partial charge in [-0.2, -0.15) is 0 Å². The number of hydrogen-bond donors (Lipinski definition) is 0. The van der Waals surface area contributed by atoms with Gasteiger partial charge in [0, 0.05) is 23.4 Å². The van der Waals surface area contributed by atoms with Crippen LogP contribution in [-0.2, 0) is 0 Å². The summed E-state index contributed by atoms with van der Waals surface area (Å²) in [6.07, 6.45) is 0. The maximum absolute atomic E-state index is 6.06. The third-order valence-corrected chi connectivity index (χ3v) is 3.14. The fourth-order valence-electron chi connectivity index (χ4n) is 2.03. The van der Waals surface area contributed by atoms with E-state index in [0.29, 0.717) is 11.2 Å². The minimum atomic E-state index is 0.388. The lowest BCUT2D eigenvalue weighted by Gasteiger charge is -2.26. The maximum atomic E-state index is 6.06. The summed E-state index contributed by atoms with van der Waals surface area (Å²) >= 11 is 6.06. The van der Waals surface area contributed by atoms with Crippen molar-refractivity contribution in [3.63, 3.8) is 0 Å². The topological polar surface area (TPSA) is 29.0 Å². The molecule has 0 aliphatic heterocycles. The van der Waals surface area contributed by atoms with Crippen LogP contribution in [0.5, 0.6) is 0 Å². The quantitative estimate of drug-likeness (QED) is 0.834. The molecule has 0 saturated heterocycles. The van der Waals surface area contributed by atoms with E-state index in [0.717, 1.165) is 23.1 Å². The van der Waals surface area contributed by atoms with Crippen molar-refractivity contribution < 1.29 is 0 Å². The Bertz CT molecular complexity index is 525. The third kappa shape index (κ3) is 2.20. The van der Waals surface area contributed by atoms with Gasteiger partial charge in [0.15, 0.2) is 11.0 Å². The molecule has 0 aliphatic rings. The van der Waals surface area contributed by atoms with Gasteiger partial charge in [0.2, 0.25) is 0 Å². The number of hydrogen-bond acceptors (Lipinski definition) is 3. The molecule has 4 heteroatoms. The predicted molar refractivity (Wildman–Crippen MR) is 72.7 cm³/mol. The Morgan fingerprint density at radius 3 is 2.41 bits per heavy atom. The van der Waals surface area contributed by atoms with Crippen molar-refractivity contribution >= 4 is 28.2 Å². The Labute approximate surface area is 106 Å². The molecule has 1 aromatic carbocycles. The Kier molecular flexibility index (Phi) is 3.48. The van der Waals surface area contributed by atoms with Crippen LogP contribution in [0.2, 0.25) is 5.15 Å². The highest BCUT2D eigenvalue weighted by Crippen LogP contribution is 2.28. The van der Waals surface area contributed by atoms with Crippen LogP contribution in [0.3, 0.4) is 0 Å². The molecule has 0 amide bonds. The zero-order chi connectivity index (χ0) is 12.4. The average Bonchev–Trinajstić information content (AvgIpc) is 2.33. The molecule has 0 unspecified atom stereocenters. The van der Waals surface area contributed by atoms with Crippen LogP contribution in [0.4, 0.5) is 5.82 Å². The molecular formula is C13H16ClN3. The summed E-state index contributed by atoms with van der Waals surface area (Å²) in [5.74, 6) is 0.905. The highest BCUT2D eigenvalue weighted by molar-refractivity contribution is 6.34. The van der Waals surface area contributed by atoms with Gasteiger partial charge in [-0.05, 0) is 20.8 Å². The second-order valence-corrected chi connectivity index (χ2v) is 4.60. The monoisotopic (exact) mass is 249 g/mol. The van der Waals surface area contributed by atoms with Crippen molar-refractivity contribution in [1.29, 1.82) is 0 Å². The van der Waals surface area contributed by atoms with Crippen molar-refractivity contribution in [3.05, 3.63) is 29.4 Å². The first-order valence-corrected chi connectivity index (χ1v) is 6.20. The Morgan fingerprint density at radius 2 is 1.82 bits per heavy atom. The number of anilines is 1. The van der Waals surface area contributed by atoms with E-state index in [-0.39, 0.29) is 0 Å². The first-order chi connectivity index (χ1) is 8.15. The van der Waals surface area contributed by atoms with Gasteiger partial charge in [0.1, 0.15) is 0 Å². The molecule has 90 valence electrons. The Hall–Kier alpha value is -1.35. The number of nitrogens with zero attached hydrogens (tertiary/aromatic N) is 3. The predicted octanol–water partition coefficient (Wildman–Crippen LogP) is 3.52. The second kappa shape index (κ2) is 4.88. The number of rotatable bonds is 3. The summed E-state index contributed by atoms with van der Waals surface area (Å²) < 4.78 is 0.